The average Bonchev–Trinajstić information content (AvgIpc) is 3.11. The quantitative estimate of drug-likeness (QED) is 0.590. The molecule has 0 aliphatic rings. The Morgan fingerprint density at radius 2 is 2.00 bits per heavy atom. The van der Waals surface area contributed by atoms with Gasteiger partial charge in [-0.25, -0.2) is 0 Å². The molecule has 4 nitrogen and oxygen atoms in total. The summed E-state index contributed by atoms with van der Waals surface area (Å²) in [6.45, 7) is 1.89. The van der Waals surface area contributed by atoms with Crippen LogP contribution in [0.5, 0.6) is 0 Å². The van der Waals surface area contributed by atoms with Gasteiger partial charge in [0.1, 0.15) is 0 Å². The molecule has 0 amide bonds. The van der Waals surface area contributed by atoms with Crippen molar-refractivity contribution in [3.63, 3.8) is 0 Å². The van der Waals surface area contributed by atoms with Crippen LogP contribution in [0.3, 0.4) is 0 Å². The maximum Gasteiger partial charge on any atom is 0.235 e. The van der Waals surface area contributed by atoms with Gasteiger partial charge in [-0.1, -0.05) is 30.3 Å². The van der Waals surface area contributed by atoms with Gasteiger partial charge in [0.2, 0.25) is 5.91 Å². The van der Waals surface area contributed by atoms with Crippen molar-refractivity contribution < 1.29 is 4.79 Å². The van der Waals surface area contributed by atoms with Crippen molar-refractivity contribution in [1.29, 1.82) is 0 Å². The minimum Gasteiger partial charge on any atom is -0.397 e. The fraction of sp³-hybridized carbons (Fsp3) is 0.105. The zero-order valence-electron chi connectivity index (χ0n) is 12.8. The number of carbonyl (C=O) groups is 1. The second kappa shape index (κ2) is 5.02. The van der Waals surface area contributed by atoms with Crippen LogP contribution in [0.2, 0.25) is 0 Å². The van der Waals surface area contributed by atoms with Crippen LogP contribution in [-0.4, -0.2) is 15.5 Å². The maximum absolute atomic E-state index is 12.8. The van der Waals surface area contributed by atoms with Crippen molar-refractivity contribution in [2.75, 3.05) is 5.73 Å². The SMILES string of the molecule is Cc1c(N)c2ccccc2n1C(=O)Cc1ccc2cc[nH]c2c1. The smallest absolute Gasteiger partial charge is 0.235 e. The molecule has 0 spiro atoms. The van der Waals surface area contributed by atoms with Gasteiger partial charge in [-0.15, -0.1) is 0 Å². The monoisotopic (exact) mass is 303 g/mol. The highest BCUT2D eigenvalue weighted by Gasteiger charge is 2.17. The number of nitrogens with two attached hydrogens (primary N) is 1. The van der Waals surface area contributed by atoms with Crippen LogP contribution in [0.4, 0.5) is 5.69 Å². The molecule has 0 bridgehead atoms. The number of hydrogen-bond acceptors (Lipinski definition) is 2. The van der Waals surface area contributed by atoms with Crippen molar-refractivity contribution in [1.82, 2.24) is 9.55 Å². The second-order valence-electron chi connectivity index (χ2n) is 5.82. The fourth-order valence-corrected chi connectivity index (χ4v) is 3.17. The van der Waals surface area contributed by atoms with Gasteiger partial charge < -0.3 is 10.7 Å². The summed E-state index contributed by atoms with van der Waals surface area (Å²) in [5, 5.41) is 2.08. The van der Waals surface area contributed by atoms with Crippen LogP contribution < -0.4 is 5.73 Å². The number of rotatable bonds is 2. The third-order valence-corrected chi connectivity index (χ3v) is 4.38. The lowest BCUT2D eigenvalue weighted by molar-refractivity contribution is 0.0917. The summed E-state index contributed by atoms with van der Waals surface area (Å²) in [6, 6.07) is 15.8. The molecule has 0 aliphatic heterocycles. The Labute approximate surface area is 133 Å². The van der Waals surface area contributed by atoms with Crippen molar-refractivity contribution in [2.24, 2.45) is 0 Å². The number of aromatic nitrogens is 2. The molecular formula is C19H17N3O. The Bertz CT molecular complexity index is 1040. The number of carbonyl (C=O) groups excluding carboxylic acids is 1. The molecule has 0 aliphatic carbocycles. The number of nitrogen functional groups attached to an aromatic ring is 1. The molecule has 2 aromatic heterocycles. The van der Waals surface area contributed by atoms with E-state index >= 15 is 0 Å². The summed E-state index contributed by atoms with van der Waals surface area (Å²) in [4.78, 5) is 16.0. The lowest BCUT2D eigenvalue weighted by atomic mass is 10.1. The van der Waals surface area contributed by atoms with E-state index < -0.39 is 0 Å². The zero-order chi connectivity index (χ0) is 16.0. The standard InChI is InChI=1S/C19H17N3O/c1-12-19(20)15-4-2-3-5-17(15)22(12)18(23)11-13-6-7-14-8-9-21-16(14)10-13/h2-10,21H,11,20H2,1H3. The molecular weight excluding hydrogens is 286 g/mol. The minimum atomic E-state index is 0.0290. The summed E-state index contributed by atoms with van der Waals surface area (Å²) in [5.41, 5.74) is 10.5. The van der Waals surface area contributed by atoms with Crippen molar-refractivity contribution in [3.05, 3.63) is 66.0 Å². The third kappa shape index (κ3) is 2.11. The largest absolute Gasteiger partial charge is 0.397 e. The summed E-state index contributed by atoms with van der Waals surface area (Å²) < 4.78 is 1.73. The van der Waals surface area contributed by atoms with E-state index in [-0.39, 0.29) is 5.91 Å². The summed E-state index contributed by atoms with van der Waals surface area (Å²) in [6.07, 6.45) is 2.24. The molecule has 4 heteroatoms. The van der Waals surface area contributed by atoms with Crippen molar-refractivity contribution in [3.8, 4) is 0 Å². The van der Waals surface area contributed by atoms with E-state index in [1.165, 1.54) is 0 Å². The number of benzene rings is 2. The van der Waals surface area contributed by atoms with E-state index in [4.69, 9.17) is 5.73 Å². The molecule has 0 saturated carbocycles. The molecule has 0 unspecified atom stereocenters. The van der Waals surface area contributed by atoms with Crippen LogP contribution in [0.1, 0.15) is 16.1 Å². The highest BCUT2D eigenvalue weighted by Crippen LogP contribution is 2.28. The number of fused-ring (bicyclic) bond motifs is 2. The fourth-order valence-electron chi connectivity index (χ4n) is 3.17. The van der Waals surface area contributed by atoms with Crippen LogP contribution >= 0.6 is 0 Å². The molecule has 4 aromatic rings. The third-order valence-electron chi connectivity index (χ3n) is 4.38. The predicted octanol–water partition coefficient (Wildman–Crippen LogP) is 3.90. The van der Waals surface area contributed by atoms with Crippen LogP contribution in [0.25, 0.3) is 21.8 Å². The summed E-state index contributed by atoms with van der Waals surface area (Å²) >= 11 is 0. The number of aromatic amines is 1. The molecule has 0 atom stereocenters. The molecule has 0 radical (unpaired) electrons. The van der Waals surface area contributed by atoms with E-state index in [0.29, 0.717) is 12.1 Å². The Balaban J connectivity index is 1.76. The number of para-hydroxylation sites is 1. The van der Waals surface area contributed by atoms with Gasteiger partial charge in [0.25, 0.3) is 0 Å². The van der Waals surface area contributed by atoms with Crippen LogP contribution in [-0.2, 0) is 6.42 Å². The molecule has 4 rings (SSSR count). The summed E-state index contributed by atoms with van der Waals surface area (Å²) in [5.74, 6) is 0.0290. The van der Waals surface area contributed by atoms with Gasteiger partial charge in [0, 0.05) is 22.8 Å². The highest BCUT2D eigenvalue weighted by atomic mass is 16.2. The Kier molecular flexibility index (Phi) is 2.98. The number of anilines is 1. The Hall–Kier alpha value is -3.01. The minimum absolute atomic E-state index is 0.0290. The Morgan fingerprint density at radius 3 is 2.87 bits per heavy atom. The second-order valence-corrected chi connectivity index (χ2v) is 5.82. The number of hydrogen-bond donors (Lipinski definition) is 2. The average molecular weight is 303 g/mol. The molecule has 3 N–H and O–H groups in total. The summed E-state index contributed by atoms with van der Waals surface area (Å²) in [7, 11) is 0. The zero-order valence-corrected chi connectivity index (χ0v) is 12.8. The molecule has 23 heavy (non-hydrogen) atoms. The maximum atomic E-state index is 12.8. The number of nitrogens with one attached hydrogen (secondary N) is 1. The van der Waals surface area contributed by atoms with E-state index in [1.807, 2.05) is 61.7 Å². The van der Waals surface area contributed by atoms with Gasteiger partial charge in [-0.05, 0) is 36.1 Å². The van der Waals surface area contributed by atoms with Crippen LogP contribution in [0.15, 0.2) is 54.7 Å². The van der Waals surface area contributed by atoms with Crippen molar-refractivity contribution >= 4 is 33.4 Å². The van der Waals surface area contributed by atoms with E-state index in [0.717, 1.165) is 33.1 Å². The molecule has 2 heterocycles. The predicted molar refractivity (Wildman–Crippen MR) is 93.7 cm³/mol. The first kappa shape index (κ1) is 13.6. The van der Waals surface area contributed by atoms with Gasteiger partial charge in [0.15, 0.2) is 0 Å². The molecule has 0 fully saturated rings. The lowest BCUT2D eigenvalue weighted by Gasteiger charge is -2.07. The first-order valence-corrected chi connectivity index (χ1v) is 7.60. The lowest BCUT2D eigenvalue weighted by Crippen LogP contribution is -2.15. The van der Waals surface area contributed by atoms with Gasteiger partial charge in [0.05, 0.1) is 17.6 Å². The van der Waals surface area contributed by atoms with E-state index in [9.17, 15) is 4.79 Å². The molecule has 114 valence electrons. The number of H-pyrrole nitrogens is 1. The first-order chi connectivity index (χ1) is 11.1. The topological polar surface area (TPSA) is 63.8 Å². The first-order valence-electron chi connectivity index (χ1n) is 7.60. The highest BCUT2D eigenvalue weighted by molar-refractivity contribution is 6.01. The Morgan fingerprint density at radius 1 is 1.17 bits per heavy atom. The molecule has 2 aromatic carbocycles. The van der Waals surface area contributed by atoms with Crippen LogP contribution in [0, 0.1) is 6.92 Å². The van der Waals surface area contributed by atoms with E-state index in [1.54, 1.807) is 4.57 Å². The normalized spacial score (nSPS) is 11.3. The molecule has 0 saturated heterocycles. The van der Waals surface area contributed by atoms with E-state index in [2.05, 4.69) is 4.98 Å². The van der Waals surface area contributed by atoms with Crippen molar-refractivity contribution in [2.45, 2.75) is 13.3 Å². The van der Waals surface area contributed by atoms with Gasteiger partial charge in [-0.2, -0.15) is 0 Å². The van der Waals surface area contributed by atoms with Gasteiger partial charge in [-0.3, -0.25) is 9.36 Å². The number of nitrogens with zero attached hydrogens (tertiary/aromatic N) is 1. The van der Waals surface area contributed by atoms with Gasteiger partial charge >= 0.3 is 0 Å².